The van der Waals surface area contributed by atoms with Crippen molar-refractivity contribution >= 4 is 37.1 Å². The third-order valence-electron chi connectivity index (χ3n) is 1.98. The molecule has 0 aromatic carbocycles. The van der Waals surface area contributed by atoms with Gasteiger partial charge in [-0.2, -0.15) is 0 Å². The van der Waals surface area contributed by atoms with Gasteiger partial charge in [0.25, 0.3) is 11.8 Å². The van der Waals surface area contributed by atoms with Crippen LogP contribution >= 0.6 is 12.2 Å². The van der Waals surface area contributed by atoms with Gasteiger partial charge in [0.15, 0.2) is 5.11 Å². The topological polar surface area (TPSA) is 40.6 Å². The maximum absolute atomic E-state index is 11.7. The molecule has 1 fully saturated rings. The minimum atomic E-state index is -0.545. The summed E-state index contributed by atoms with van der Waals surface area (Å²) in [5.41, 5.74) is 0.0728. The molecule has 106 valence electrons. The number of rotatable bonds is 1. The fourth-order valence-corrected chi connectivity index (χ4v) is 1.38. The summed E-state index contributed by atoms with van der Waals surface area (Å²) in [6, 6.07) is 0. The molecule has 0 aromatic heterocycles. The van der Waals surface area contributed by atoms with Crippen molar-refractivity contribution in [2.24, 2.45) is 5.92 Å². The van der Waals surface area contributed by atoms with Crippen LogP contribution in [0, 0.1) is 5.92 Å². The van der Waals surface area contributed by atoms with Crippen LogP contribution in [0.2, 0.25) is 0 Å². The van der Waals surface area contributed by atoms with E-state index in [1.165, 1.54) is 11.9 Å². The molecule has 0 saturated carbocycles. The highest BCUT2D eigenvalue weighted by molar-refractivity contribution is 7.80. The molecule has 1 aliphatic rings. The van der Waals surface area contributed by atoms with Gasteiger partial charge in [-0.1, -0.05) is 47.6 Å². The number of allylic oxidation sites excluding steroid dienone is 1. The van der Waals surface area contributed by atoms with Crippen molar-refractivity contribution in [2.45, 2.75) is 41.5 Å². The monoisotopic (exact) mass is 282 g/mol. The van der Waals surface area contributed by atoms with Crippen LogP contribution in [-0.2, 0) is 9.59 Å². The van der Waals surface area contributed by atoms with Crippen LogP contribution in [0.5, 0.6) is 0 Å². The van der Waals surface area contributed by atoms with Gasteiger partial charge in [-0.3, -0.25) is 14.5 Å². The van der Waals surface area contributed by atoms with Crippen molar-refractivity contribution in [2.75, 3.05) is 7.05 Å². The Morgan fingerprint density at radius 2 is 1.53 bits per heavy atom. The van der Waals surface area contributed by atoms with Gasteiger partial charge in [0.2, 0.25) is 7.98 Å². The minimum Gasteiger partial charge on any atom is -0.342 e. The predicted molar refractivity (Wildman–Crippen MR) is 83.6 cm³/mol. The average molecular weight is 282 g/mol. The summed E-state index contributed by atoms with van der Waals surface area (Å²) in [4.78, 5) is 25.3. The van der Waals surface area contributed by atoms with Crippen molar-refractivity contribution in [3.8, 4) is 0 Å². The van der Waals surface area contributed by atoms with Gasteiger partial charge in [-0.15, -0.1) is 0 Å². The quantitative estimate of drug-likeness (QED) is 0.321. The molecule has 2 amide bonds. The molecule has 19 heavy (non-hydrogen) atoms. The lowest BCUT2D eigenvalue weighted by Crippen LogP contribution is -2.53. The summed E-state index contributed by atoms with van der Waals surface area (Å²) in [5.74, 6) is -0.849. The summed E-state index contributed by atoms with van der Waals surface area (Å²) in [6.07, 6.45) is 1.59. The molecule has 1 aliphatic heterocycles. The van der Waals surface area contributed by atoms with Crippen LogP contribution in [0.3, 0.4) is 0 Å². The zero-order chi connectivity index (χ0) is 15.7. The van der Waals surface area contributed by atoms with E-state index >= 15 is 0 Å². The summed E-state index contributed by atoms with van der Waals surface area (Å²) < 4.78 is 0. The molecule has 0 N–H and O–H groups in total. The molecular formula is C13H23BN2O2S. The number of hydrogen-bond donors (Lipinski definition) is 0. The number of hydrogen-bond acceptors (Lipinski definition) is 3. The number of carbonyl (C=O) groups excluding carboxylic acids is 2. The molecule has 0 unspecified atom stereocenters. The molecule has 0 bridgehead atoms. The molecule has 2 radical (unpaired) electrons. The number of thiocarbonyl (C=S) groups is 1. The van der Waals surface area contributed by atoms with Crippen LogP contribution < -0.4 is 0 Å². The van der Waals surface area contributed by atoms with Gasteiger partial charge in [-0.25, -0.2) is 0 Å². The zero-order valence-electron chi connectivity index (χ0n) is 12.9. The van der Waals surface area contributed by atoms with Crippen molar-refractivity contribution in [3.63, 3.8) is 0 Å². The second kappa shape index (κ2) is 9.72. The lowest BCUT2D eigenvalue weighted by molar-refractivity contribution is -0.130. The highest BCUT2D eigenvalue weighted by Crippen LogP contribution is 2.15. The molecule has 4 nitrogen and oxygen atoms in total. The van der Waals surface area contributed by atoms with E-state index in [0.29, 0.717) is 0 Å². The first-order valence-electron chi connectivity index (χ1n) is 6.49. The Morgan fingerprint density at radius 3 is 1.89 bits per heavy atom. The Kier molecular flexibility index (Phi) is 10.3. The maximum atomic E-state index is 11.7. The minimum absolute atomic E-state index is 0.0194. The second-order valence-electron chi connectivity index (χ2n) is 3.65. The zero-order valence-corrected chi connectivity index (χ0v) is 13.7. The van der Waals surface area contributed by atoms with E-state index in [1.54, 1.807) is 6.08 Å². The smallest absolute Gasteiger partial charge is 0.264 e. The molecule has 0 spiro atoms. The van der Waals surface area contributed by atoms with Gasteiger partial charge in [0.1, 0.15) is 5.57 Å². The summed E-state index contributed by atoms with van der Waals surface area (Å²) >= 11 is 4.83. The van der Waals surface area contributed by atoms with E-state index < -0.39 is 11.8 Å². The third-order valence-corrected chi connectivity index (χ3v) is 2.45. The molecule has 1 rings (SSSR count). The Bertz CT molecular complexity index is 342. The van der Waals surface area contributed by atoms with Crippen LogP contribution in [0.25, 0.3) is 0 Å². The molecule has 0 atom stereocenters. The van der Waals surface area contributed by atoms with Crippen molar-refractivity contribution in [1.29, 1.82) is 0 Å². The fourth-order valence-electron chi connectivity index (χ4n) is 1.21. The van der Waals surface area contributed by atoms with Gasteiger partial charge in [0, 0.05) is 7.05 Å². The first kappa shape index (κ1) is 20.2. The second-order valence-corrected chi connectivity index (χ2v) is 4.01. The largest absolute Gasteiger partial charge is 0.342 e. The van der Waals surface area contributed by atoms with E-state index in [-0.39, 0.29) is 16.6 Å². The van der Waals surface area contributed by atoms with Crippen LogP contribution in [0.4, 0.5) is 0 Å². The Morgan fingerprint density at radius 1 is 1.11 bits per heavy atom. The SMILES string of the molecule is CC.CC.[B]N1C(=O)/C(=C\C(C)C)C(=O)N(C)C1=S. The molecule has 0 aliphatic carbocycles. The summed E-state index contributed by atoms with van der Waals surface area (Å²) in [7, 11) is 6.94. The first-order chi connectivity index (χ1) is 8.86. The van der Waals surface area contributed by atoms with E-state index in [0.717, 1.165) is 4.81 Å². The van der Waals surface area contributed by atoms with Gasteiger partial charge in [-0.05, 0) is 18.1 Å². The number of nitrogens with zero attached hydrogens (tertiary/aromatic N) is 2. The standard InChI is InChI=1S/C9H11BN2O2S.2C2H6/c1-5(2)4-6-7(13)11(3)9(15)12(10)8(6)14;2*1-2/h4-5H,1-3H3;2*1-2H3/b6-4-;;. The number of carbonyl (C=O) groups is 2. The van der Waals surface area contributed by atoms with Crippen LogP contribution in [0.1, 0.15) is 41.5 Å². The van der Waals surface area contributed by atoms with E-state index in [9.17, 15) is 9.59 Å². The van der Waals surface area contributed by atoms with Crippen molar-refractivity contribution in [1.82, 2.24) is 9.71 Å². The van der Waals surface area contributed by atoms with E-state index in [1.807, 2.05) is 41.5 Å². The summed E-state index contributed by atoms with van der Waals surface area (Å²) in [5, 5.41) is 0.0194. The number of likely N-dealkylation sites (N-methyl/N-ethyl adjacent to an activating group) is 1. The first-order valence-corrected chi connectivity index (χ1v) is 6.90. The van der Waals surface area contributed by atoms with Crippen LogP contribution in [0.15, 0.2) is 11.6 Å². The lowest BCUT2D eigenvalue weighted by Gasteiger charge is -2.32. The third kappa shape index (κ3) is 5.14. The molecule has 1 saturated heterocycles. The van der Waals surface area contributed by atoms with E-state index in [4.69, 9.17) is 20.2 Å². The van der Waals surface area contributed by atoms with E-state index in [2.05, 4.69) is 0 Å². The summed E-state index contributed by atoms with van der Waals surface area (Å²) in [6.45, 7) is 11.8. The molecule has 1 heterocycles. The molecule has 0 aromatic rings. The lowest BCUT2D eigenvalue weighted by atomic mass is 10.0. The highest BCUT2D eigenvalue weighted by atomic mass is 32.1. The Hall–Kier alpha value is -1.17. The Balaban J connectivity index is 0. The van der Waals surface area contributed by atoms with Crippen molar-refractivity contribution < 1.29 is 9.59 Å². The van der Waals surface area contributed by atoms with Gasteiger partial charge < -0.3 is 4.81 Å². The molecular weight excluding hydrogens is 259 g/mol. The van der Waals surface area contributed by atoms with Crippen LogP contribution in [-0.4, -0.2) is 41.7 Å². The maximum Gasteiger partial charge on any atom is 0.264 e. The predicted octanol–water partition coefficient (Wildman–Crippen LogP) is 2.29. The average Bonchev–Trinajstić information content (AvgIpc) is 2.43. The van der Waals surface area contributed by atoms with Crippen molar-refractivity contribution in [3.05, 3.63) is 11.6 Å². The normalized spacial score (nSPS) is 17.1. The molecule has 6 heteroatoms. The fraction of sp³-hybridized carbons (Fsp3) is 0.615. The number of amides is 2. The highest BCUT2D eigenvalue weighted by Gasteiger charge is 2.34. The van der Waals surface area contributed by atoms with Gasteiger partial charge >= 0.3 is 0 Å². The Labute approximate surface area is 123 Å². The van der Waals surface area contributed by atoms with Gasteiger partial charge in [0.05, 0.1) is 0 Å².